The number of amides is 1. The van der Waals surface area contributed by atoms with Crippen LogP contribution in [0.5, 0.6) is 5.75 Å². The van der Waals surface area contributed by atoms with Crippen LogP contribution in [0.1, 0.15) is 12.8 Å². The minimum absolute atomic E-state index is 0.0706. The number of hydrogen-bond donors (Lipinski definition) is 2. The zero-order valence-electron chi connectivity index (χ0n) is 10.4. The van der Waals surface area contributed by atoms with Gasteiger partial charge in [-0.15, -0.1) is 0 Å². The van der Waals surface area contributed by atoms with Gasteiger partial charge in [0, 0.05) is 5.69 Å². The van der Waals surface area contributed by atoms with Crippen LogP contribution in [0.15, 0.2) is 24.3 Å². The third-order valence-electron chi connectivity index (χ3n) is 2.87. The molecule has 0 radical (unpaired) electrons. The molecule has 1 amide bonds. The molecule has 0 saturated carbocycles. The van der Waals surface area contributed by atoms with Gasteiger partial charge in [0.05, 0.1) is 6.04 Å². The summed E-state index contributed by atoms with van der Waals surface area (Å²) in [7, 11) is 0. The van der Waals surface area contributed by atoms with Gasteiger partial charge in [0.1, 0.15) is 12.4 Å². The predicted octanol–water partition coefficient (Wildman–Crippen LogP) is 2.02. The van der Waals surface area contributed by atoms with Crippen LogP contribution >= 0.6 is 0 Å². The highest BCUT2D eigenvalue weighted by Gasteiger charge is 2.21. The summed E-state index contributed by atoms with van der Waals surface area (Å²) in [5.74, 6) is 0.288. The number of hydrogen-bond acceptors (Lipinski definition) is 3. The van der Waals surface area contributed by atoms with Crippen molar-refractivity contribution in [2.45, 2.75) is 25.3 Å². The lowest BCUT2D eigenvalue weighted by Crippen LogP contribution is -2.35. The van der Waals surface area contributed by atoms with Gasteiger partial charge < -0.3 is 15.4 Å². The summed E-state index contributed by atoms with van der Waals surface area (Å²) >= 11 is 0. The van der Waals surface area contributed by atoms with E-state index in [1.165, 1.54) is 0 Å². The minimum atomic E-state index is -2.49. The number of anilines is 1. The number of rotatable bonds is 5. The molecule has 1 aromatic rings. The van der Waals surface area contributed by atoms with Crippen LogP contribution in [0.3, 0.4) is 0 Å². The third-order valence-corrected chi connectivity index (χ3v) is 2.87. The molecule has 0 unspecified atom stereocenters. The van der Waals surface area contributed by atoms with E-state index in [9.17, 15) is 13.6 Å². The summed E-state index contributed by atoms with van der Waals surface area (Å²) in [6.07, 6.45) is -0.660. The van der Waals surface area contributed by atoms with Crippen molar-refractivity contribution in [1.29, 1.82) is 0 Å². The highest BCUT2D eigenvalue weighted by atomic mass is 19.3. The lowest BCUT2D eigenvalue weighted by molar-refractivity contribution is -0.117. The summed E-state index contributed by atoms with van der Waals surface area (Å²) in [5.41, 5.74) is 0.628. The highest BCUT2D eigenvalue weighted by Crippen LogP contribution is 2.17. The molecule has 2 N–H and O–H groups in total. The van der Waals surface area contributed by atoms with Crippen molar-refractivity contribution in [3.63, 3.8) is 0 Å². The van der Waals surface area contributed by atoms with Gasteiger partial charge in [0.15, 0.2) is 0 Å². The topological polar surface area (TPSA) is 50.4 Å². The number of benzene rings is 1. The molecule has 1 aliphatic heterocycles. The smallest absolute Gasteiger partial charge is 0.272 e. The summed E-state index contributed by atoms with van der Waals surface area (Å²) in [6.45, 7) is 0.232. The second kappa shape index (κ2) is 6.47. The van der Waals surface area contributed by atoms with E-state index in [4.69, 9.17) is 4.74 Å². The maximum atomic E-state index is 12.0. The first-order valence-electron chi connectivity index (χ1n) is 6.20. The first-order chi connectivity index (χ1) is 9.15. The fourth-order valence-corrected chi connectivity index (χ4v) is 1.93. The van der Waals surface area contributed by atoms with Crippen LogP contribution in [-0.2, 0) is 4.79 Å². The molecule has 0 bridgehead atoms. The summed E-state index contributed by atoms with van der Waals surface area (Å²) < 4.78 is 28.8. The number of nitrogens with one attached hydrogen (secondary N) is 2. The Morgan fingerprint density at radius 1 is 1.42 bits per heavy atom. The largest absolute Gasteiger partial charge is 0.488 e. The summed E-state index contributed by atoms with van der Waals surface area (Å²) in [5, 5.41) is 5.87. The Balaban J connectivity index is 1.85. The average Bonchev–Trinajstić information content (AvgIpc) is 2.92. The molecule has 1 aromatic carbocycles. The Labute approximate surface area is 110 Å². The number of alkyl halides is 2. The molecule has 1 saturated heterocycles. The Morgan fingerprint density at radius 3 is 2.74 bits per heavy atom. The lowest BCUT2D eigenvalue weighted by Gasteiger charge is -2.11. The predicted molar refractivity (Wildman–Crippen MR) is 67.6 cm³/mol. The molecule has 1 fully saturated rings. The van der Waals surface area contributed by atoms with E-state index in [2.05, 4.69) is 10.6 Å². The van der Waals surface area contributed by atoms with Gasteiger partial charge in [0.2, 0.25) is 5.91 Å². The summed E-state index contributed by atoms with van der Waals surface area (Å²) in [4.78, 5) is 11.8. The van der Waals surface area contributed by atoms with Crippen LogP contribution < -0.4 is 15.4 Å². The first-order valence-corrected chi connectivity index (χ1v) is 6.20. The van der Waals surface area contributed by atoms with Crippen LogP contribution in [0, 0.1) is 0 Å². The Bertz CT molecular complexity index is 417. The van der Waals surface area contributed by atoms with E-state index in [1.54, 1.807) is 24.3 Å². The molecule has 6 heteroatoms. The molecular formula is C13H16F2N2O2. The molecule has 0 aliphatic carbocycles. The number of halogens is 2. The highest BCUT2D eigenvalue weighted by molar-refractivity contribution is 5.95. The quantitative estimate of drug-likeness (QED) is 0.860. The van der Waals surface area contributed by atoms with Gasteiger partial charge in [-0.25, -0.2) is 8.78 Å². The van der Waals surface area contributed by atoms with E-state index < -0.39 is 13.0 Å². The van der Waals surface area contributed by atoms with E-state index in [0.29, 0.717) is 11.4 Å². The maximum absolute atomic E-state index is 12.0. The van der Waals surface area contributed by atoms with Crippen molar-refractivity contribution in [1.82, 2.24) is 5.32 Å². The number of carbonyl (C=O) groups excluding carboxylic acids is 1. The maximum Gasteiger partial charge on any atom is 0.272 e. The SMILES string of the molecule is O=C(Nc1ccc(OCC(F)F)cc1)[C@@H]1CCCN1. The molecule has 4 nitrogen and oxygen atoms in total. The van der Waals surface area contributed by atoms with Crippen LogP contribution in [0.4, 0.5) is 14.5 Å². The van der Waals surface area contributed by atoms with Crippen LogP contribution in [0.25, 0.3) is 0 Å². The molecular weight excluding hydrogens is 254 g/mol. The third kappa shape index (κ3) is 4.17. The van der Waals surface area contributed by atoms with Gasteiger partial charge in [-0.1, -0.05) is 0 Å². The molecule has 1 aliphatic rings. The van der Waals surface area contributed by atoms with E-state index in [1.807, 2.05) is 0 Å². The van der Waals surface area contributed by atoms with Crippen LogP contribution in [0.2, 0.25) is 0 Å². The molecule has 2 rings (SSSR count). The summed E-state index contributed by atoms with van der Waals surface area (Å²) in [6, 6.07) is 6.23. The Morgan fingerprint density at radius 2 is 2.16 bits per heavy atom. The van der Waals surface area contributed by atoms with Crippen molar-refractivity contribution in [3.05, 3.63) is 24.3 Å². The zero-order chi connectivity index (χ0) is 13.7. The van der Waals surface area contributed by atoms with Gasteiger partial charge in [-0.05, 0) is 43.7 Å². The van der Waals surface area contributed by atoms with Crippen molar-refractivity contribution < 1.29 is 18.3 Å². The van der Waals surface area contributed by atoms with Crippen molar-refractivity contribution >= 4 is 11.6 Å². The molecule has 1 atom stereocenters. The van der Waals surface area contributed by atoms with Crippen LogP contribution in [-0.4, -0.2) is 31.5 Å². The second-order valence-corrected chi connectivity index (χ2v) is 4.36. The lowest BCUT2D eigenvalue weighted by atomic mass is 10.2. The second-order valence-electron chi connectivity index (χ2n) is 4.36. The number of ether oxygens (including phenoxy) is 1. The Hall–Kier alpha value is -1.69. The monoisotopic (exact) mass is 270 g/mol. The molecule has 19 heavy (non-hydrogen) atoms. The van der Waals surface area contributed by atoms with Crippen molar-refractivity contribution in [3.8, 4) is 5.75 Å². The van der Waals surface area contributed by atoms with Gasteiger partial charge in [0.25, 0.3) is 6.43 Å². The average molecular weight is 270 g/mol. The van der Waals surface area contributed by atoms with E-state index in [0.717, 1.165) is 19.4 Å². The Kier molecular flexibility index (Phi) is 4.68. The fraction of sp³-hybridized carbons (Fsp3) is 0.462. The first kappa shape index (κ1) is 13.7. The number of carbonyl (C=O) groups is 1. The van der Waals surface area contributed by atoms with Gasteiger partial charge in [-0.3, -0.25) is 4.79 Å². The molecule has 0 spiro atoms. The van der Waals surface area contributed by atoms with E-state index >= 15 is 0 Å². The van der Waals surface area contributed by atoms with E-state index in [-0.39, 0.29) is 11.9 Å². The van der Waals surface area contributed by atoms with Crippen molar-refractivity contribution in [2.24, 2.45) is 0 Å². The standard InChI is InChI=1S/C13H16F2N2O2/c14-12(15)8-19-10-5-3-9(4-6-10)17-13(18)11-2-1-7-16-11/h3-6,11-12,16H,1-2,7-8H2,(H,17,18)/t11-/m0/s1. The van der Waals surface area contributed by atoms with Gasteiger partial charge >= 0.3 is 0 Å². The zero-order valence-corrected chi connectivity index (χ0v) is 10.4. The minimum Gasteiger partial charge on any atom is -0.488 e. The van der Waals surface area contributed by atoms with Gasteiger partial charge in [-0.2, -0.15) is 0 Å². The fourth-order valence-electron chi connectivity index (χ4n) is 1.93. The normalized spacial score (nSPS) is 18.6. The molecule has 0 aromatic heterocycles. The molecule has 1 heterocycles. The van der Waals surface area contributed by atoms with Crippen molar-refractivity contribution in [2.75, 3.05) is 18.5 Å². The molecule has 104 valence electrons.